The quantitative estimate of drug-likeness (QED) is 0.725. The molecule has 1 unspecified atom stereocenters. The van der Waals surface area contributed by atoms with Crippen molar-refractivity contribution in [3.05, 3.63) is 37.0 Å². The number of amides is 1. The number of carboxylic acid groups (broad SMARTS) is 1. The number of alkyl carbamates (subject to hydrolysis) is 1. The van der Waals surface area contributed by atoms with E-state index < -0.39 is 23.7 Å². The van der Waals surface area contributed by atoms with Crippen LogP contribution in [0.25, 0.3) is 0 Å². The molecule has 19 heavy (non-hydrogen) atoms. The molecule has 1 amide bonds. The van der Waals surface area contributed by atoms with Gasteiger partial charge in [-0.05, 0) is 26.3 Å². The van der Waals surface area contributed by atoms with Gasteiger partial charge < -0.3 is 15.2 Å². The number of aliphatic carboxylic acids is 1. The zero-order valence-electron chi connectivity index (χ0n) is 11.6. The van der Waals surface area contributed by atoms with Crippen LogP contribution in [-0.4, -0.2) is 28.8 Å². The molecule has 0 aromatic carbocycles. The van der Waals surface area contributed by atoms with Crippen LogP contribution >= 0.6 is 0 Å². The summed E-state index contributed by atoms with van der Waals surface area (Å²) in [4.78, 5) is 22.6. The van der Waals surface area contributed by atoms with Gasteiger partial charge in [-0.15, -0.1) is 0 Å². The largest absolute Gasteiger partial charge is 0.480 e. The van der Waals surface area contributed by atoms with Gasteiger partial charge in [0.2, 0.25) is 0 Å². The smallest absolute Gasteiger partial charge is 0.408 e. The van der Waals surface area contributed by atoms with E-state index in [1.807, 2.05) is 0 Å². The maximum Gasteiger partial charge on any atom is 0.408 e. The second-order valence-corrected chi connectivity index (χ2v) is 4.92. The molecule has 0 rings (SSSR count). The Balaban J connectivity index is 4.72. The first-order valence-corrected chi connectivity index (χ1v) is 5.86. The number of carbonyl (C=O) groups is 2. The topological polar surface area (TPSA) is 75.6 Å². The number of rotatable bonds is 6. The number of carboxylic acids is 1. The van der Waals surface area contributed by atoms with Crippen LogP contribution in [0.15, 0.2) is 37.0 Å². The molecule has 0 aliphatic heterocycles. The van der Waals surface area contributed by atoms with Gasteiger partial charge in [-0.25, -0.2) is 9.59 Å². The van der Waals surface area contributed by atoms with Crippen molar-refractivity contribution in [2.45, 2.75) is 38.8 Å². The fraction of sp³-hybridized carbons (Fsp3) is 0.429. The number of nitrogens with one attached hydrogen (secondary N) is 1. The average Bonchev–Trinajstić information content (AvgIpc) is 2.24. The molecule has 0 heterocycles. The first kappa shape index (κ1) is 17.0. The molecule has 0 aromatic heterocycles. The van der Waals surface area contributed by atoms with Crippen molar-refractivity contribution in [3.63, 3.8) is 0 Å². The van der Waals surface area contributed by atoms with E-state index in [2.05, 4.69) is 18.5 Å². The molecule has 5 heteroatoms. The molecule has 0 bridgehead atoms. The van der Waals surface area contributed by atoms with Crippen LogP contribution in [-0.2, 0) is 9.53 Å². The molecule has 1 atom stereocenters. The van der Waals surface area contributed by atoms with Crippen LogP contribution in [0.4, 0.5) is 4.79 Å². The maximum atomic E-state index is 11.5. The highest BCUT2D eigenvalue weighted by Gasteiger charge is 2.24. The van der Waals surface area contributed by atoms with E-state index in [-0.39, 0.29) is 6.42 Å². The predicted molar refractivity (Wildman–Crippen MR) is 73.9 cm³/mol. The van der Waals surface area contributed by atoms with Gasteiger partial charge in [0.25, 0.3) is 0 Å². The Labute approximate surface area is 113 Å². The standard InChI is InChI=1S/C14H21NO4/c1-6-8-10(7-2)9-11(12(16)17)15-13(18)19-14(3,4)5/h6-8,11H,1-2,9H2,3-5H3,(H,15,18)(H,16,17)/b10-8+. The zero-order chi connectivity index (χ0) is 15.1. The van der Waals surface area contributed by atoms with Gasteiger partial charge in [0.15, 0.2) is 0 Å². The van der Waals surface area contributed by atoms with Crippen molar-refractivity contribution < 1.29 is 19.4 Å². The third kappa shape index (κ3) is 7.81. The van der Waals surface area contributed by atoms with Crippen molar-refractivity contribution in [2.75, 3.05) is 0 Å². The van der Waals surface area contributed by atoms with Gasteiger partial charge in [0, 0.05) is 6.42 Å². The Morgan fingerprint density at radius 1 is 1.37 bits per heavy atom. The van der Waals surface area contributed by atoms with Gasteiger partial charge in [0.05, 0.1) is 0 Å². The lowest BCUT2D eigenvalue weighted by Crippen LogP contribution is -2.43. The molecule has 5 nitrogen and oxygen atoms in total. The van der Waals surface area contributed by atoms with E-state index in [0.717, 1.165) is 0 Å². The van der Waals surface area contributed by atoms with E-state index >= 15 is 0 Å². The third-order valence-corrected chi connectivity index (χ3v) is 2.02. The lowest BCUT2D eigenvalue weighted by Gasteiger charge is -2.22. The summed E-state index contributed by atoms with van der Waals surface area (Å²) in [5.74, 6) is -1.14. The molecule has 0 saturated carbocycles. The number of hydrogen-bond acceptors (Lipinski definition) is 3. The summed E-state index contributed by atoms with van der Waals surface area (Å²) in [6.07, 6.45) is 4.05. The summed E-state index contributed by atoms with van der Waals surface area (Å²) in [6, 6.07) is -1.07. The molecular formula is C14H21NO4. The Bertz CT molecular complexity index is 391. The van der Waals surface area contributed by atoms with Gasteiger partial charge >= 0.3 is 12.1 Å². The Kier molecular flexibility index (Phi) is 6.61. The molecule has 0 spiro atoms. The summed E-state index contributed by atoms with van der Waals surface area (Å²) in [5, 5.41) is 11.4. The number of ether oxygens (including phenoxy) is 1. The van der Waals surface area contributed by atoms with Crippen LogP contribution in [0.3, 0.4) is 0 Å². The highest BCUT2D eigenvalue weighted by molar-refractivity contribution is 5.80. The van der Waals surface area contributed by atoms with E-state index in [4.69, 9.17) is 9.84 Å². The fourth-order valence-corrected chi connectivity index (χ4v) is 1.26. The number of allylic oxidation sites excluding steroid dienone is 3. The van der Waals surface area contributed by atoms with Crippen LogP contribution in [0.5, 0.6) is 0 Å². The summed E-state index contributed by atoms with van der Waals surface area (Å²) < 4.78 is 5.01. The summed E-state index contributed by atoms with van der Waals surface area (Å²) >= 11 is 0. The van der Waals surface area contributed by atoms with E-state index in [1.165, 1.54) is 12.2 Å². The molecule has 0 fully saturated rings. The van der Waals surface area contributed by atoms with E-state index in [1.54, 1.807) is 26.8 Å². The molecule has 0 aliphatic rings. The van der Waals surface area contributed by atoms with Crippen molar-refractivity contribution >= 4 is 12.1 Å². The molecular weight excluding hydrogens is 246 g/mol. The Hall–Kier alpha value is -2.04. The van der Waals surface area contributed by atoms with E-state index in [0.29, 0.717) is 5.57 Å². The average molecular weight is 267 g/mol. The minimum absolute atomic E-state index is 0.115. The monoisotopic (exact) mass is 267 g/mol. The maximum absolute atomic E-state index is 11.5. The molecule has 0 aliphatic carbocycles. The normalized spacial score (nSPS) is 13.3. The molecule has 0 radical (unpaired) electrons. The highest BCUT2D eigenvalue weighted by Crippen LogP contribution is 2.10. The number of carbonyl (C=O) groups excluding carboxylic acids is 1. The van der Waals surface area contributed by atoms with E-state index in [9.17, 15) is 9.59 Å². The second kappa shape index (κ2) is 7.41. The van der Waals surface area contributed by atoms with Gasteiger partial charge in [-0.1, -0.05) is 31.4 Å². The second-order valence-electron chi connectivity index (χ2n) is 4.92. The minimum Gasteiger partial charge on any atom is -0.480 e. The fourth-order valence-electron chi connectivity index (χ4n) is 1.26. The molecule has 0 saturated heterocycles. The van der Waals surface area contributed by atoms with Crippen LogP contribution < -0.4 is 5.32 Å². The first-order chi connectivity index (χ1) is 8.69. The predicted octanol–water partition coefficient (Wildman–Crippen LogP) is 2.65. The third-order valence-electron chi connectivity index (χ3n) is 2.02. The van der Waals surface area contributed by atoms with Crippen LogP contribution in [0, 0.1) is 0 Å². The van der Waals surface area contributed by atoms with Gasteiger partial charge in [0.1, 0.15) is 11.6 Å². The lowest BCUT2D eigenvalue weighted by molar-refractivity contribution is -0.139. The molecule has 2 N–H and O–H groups in total. The van der Waals surface area contributed by atoms with Crippen molar-refractivity contribution in [1.29, 1.82) is 0 Å². The van der Waals surface area contributed by atoms with Gasteiger partial charge in [-0.2, -0.15) is 0 Å². The van der Waals surface area contributed by atoms with Crippen molar-refractivity contribution in [1.82, 2.24) is 5.32 Å². The minimum atomic E-state index is -1.14. The Morgan fingerprint density at radius 3 is 2.32 bits per heavy atom. The highest BCUT2D eigenvalue weighted by atomic mass is 16.6. The summed E-state index contributed by atoms with van der Waals surface area (Å²) in [7, 11) is 0. The van der Waals surface area contributed by atoms with Gasteiger partial charge in [-0.3, -0.25) is 0 Å². The SMILES string of the molecule is C=C/C=C(\C=C)CC(NC(=O)OC(C)(C)C)C(=O)O. The van der Waals surface area contributed by atoms with Crippen LogP contribution in [0.2, 0.25) is 0 Å². The lowest BCUT2D eigenvalue weighted by atomic mass is 10.1. The Morgan fingerprint density at radius 2 is 1.95 bits per heavy atom. The number of hydrogen-bond donors (Lipinski definition) is 2. The summed E-state index contributed by atoms with van der Waals surface area (Å²) in [6.45, 7) is 12.2. The first-order valence-electron chi connectivity index (χ1n) is 5.86. The molecule has 106 valence electrons. The van der Waals surface area contributed by atoms with Crippen LogP contribution in [0.1, 0.15) is 27.2 Å². The zero-order valence-corrected chi connectivity index (χ0v) is 11.6. The summed E-state index contributed by atoms with van der Waals surface area (Å²) in [5.41, 5.74) is -0.01000. The van der Waals surface area contributed by atoms with Crippen molar-refractivity contribution in [2.24, 2.45) is 0 Å². The van der Waals surface area contributed by atoms with Crippen molar-refractivity contribution in [3.8, 4) is 0 Å². The molecule has 0 aromatic rings.